The van der Waals surface area contributed by atoms with E-state index in [1.807, 2.05) is 6.92 Å². The third kappa shape index (κ3) is 1.93. The van der Waals surface area contributed by atoms with Gasteiger partial charge in [-0.15, -0.1) is 0 Å². The highest BCUT2D eigenvalue weighted by Gasteiger charge is 2.47. The summed E-state index contributed by atoms with van der Waals surface area (Å²) in [5, 5.41) is 0. The topological polar surface area (TPSA) is 12.5 Å². The molecule has 86 valence electrons. The van der Waals surface area contributed by atoms with Crippen LogP contribution in [0.15, 0.2) is 11.7 Å². The van der Waals surface area contributed by atoms with Crippen molar-refractivity contribution >= 4 is 0 Å². The first-order valence-electron chi connectivity index (χ1n) is 5.54. The van der Waals surface area contributed by atoms with Gasteiger partial charge in [0.1, 0.15) is 0 Å². The molecule has 1 atom stereocenters. The van der Waals surface area contributed by atoms with Crippen LogP contribution >= 0.6 is 0 Å². The lowest BCUT2D eigenvalue weighted by atomic mass is 9.94. The molecule has 2 fully saturated rings. The van der Waals surface area contributed by atoms with Gasteiger partial charge in [-0.1, -0.05) is 0 Å². The first kappa shape index (κ1) is 11.0. The van der Waals surface area contributed by atoms with Gasteiger partial charge in [-0.2, -0.15) is 8.78 Å². The molecule has 0 aromatic carbocycles. The van der Waals surface area contributed by atoms with Gasteiger partial charge in [-0.3, -0.25) is 4.90 Å². The minimum absolute atomic E-state index is 0.116. The van der Waals surface area contributed by atoms with Crippen LogP contribution in [-0.4, -0.2) is 36.7 Å². The summed E-state index contributed by atoms with van der Waals surface area (Å²) in [6.07, 6.45) is 1.10. The molecule has 0 spiro atoms. The fourth-order valence-electron chi connectivity index (χ4n) is 2.76. The normalized spacial score (nSPS) is 31.0. The van der Waals surface area contributed by atoms with E-state index in [-0.39, 0.29) is 5.54 Å². The second-order valence-electron chi connectivity index (χ2n) is 4.43. The molecule has 2 heterocycles. The lowest BCUT2D eigenvalue weighted by molar-refractivity contribution is 0.0418. The first-order chi connectivity index (χ1) is 7.18. The second-order valence-corrected chi connectivity index (χ2v) is 4.43. The van der Waals surface area contributed by atoms with Crippen molar-refractivity contribution < 1.29 is 13.5 Å². The molecule has 2 rings (SSSR count). The molecule has 15 heavy (non-hydrogen) atoms. The van der Waals surface area contributed by atoms with E-state index in [1.165, 1.54) is 0 Å². The fourth-order valence-corrected chi connectivity index (χ4v) is 2.76. The van der Waals surface area contributed by atoms with Gasteiger partial charge in [-0.05, 0) is 32.7 Å². The van der Waals surface area contributed by atoms with E-state index in [2.05, 4.69) is 4.90 Å². The lowest BCUT2D eigenvalue weighted by Gasteiger charge is -2.30. The van der Waals surface area contributed by atoms with Crippen LogP contribution in [0.2, 0.25) is 0 Å². The van der Waals surface area contributed by atoms with E-state index >= 15 is 0 Å². The van der Waals surface area contributed by atoms with Gasteiger partial charge in [0, 0.05) is 24.3 Å². The zero-order valence-corrected chi connectivity index (χ0v) is 9.06. The molecule has 0 aromatic heterocycles. The molecule has 0 unspecified atom stereocenters. The Labute approximate surface area is 88.9 Å². The Morgan fingerprint density at radius 3 is 3.00 bits per heavy atom. The summed E-state index contributed by atoms with van der Waals surface area (Å²) in [6, 6.07) is 0. The molecule has 0 aliphatic carbocycles. The van der Waals surface area contributed by atoms with Crippen LogP contribution in [0.4, 0.5) is 8.78 Å². The van der Waals surface area contributed by atoms with Crippen LogP contribution in [0.1, 0.15) is 26.2 Å². The van der Waals surface area contributed by atoms with Gasteiger partial charge in [0.2, 0.25) is 0 Å². The summed E-state index contributed by atoms with van der Waals surface area (Å²) in [5.74, 6) is 0. The highest BCUT2D eigenvalue weighted by molar-refractivity contribution is 5.21. The van der Waals surface area contributed by atoms with Crippen LogP contribution in [0, 0.1) is 0 Å². The quantitative estimate of drug-likeness (QED) is 0.719. The highest BCUT2D eigenvalue weighted by atomic mass is 19.3. The van der Waals surface area contributed by atoms with Gasteiger partial charge in [0.25, 0.3) is 6.08 Å². The van der Waals surface area contributed by atoms with E-state index < -0.39 is 6.08 Å². The van der Waals surface area contributed by atoms with Gasteiger partial charge < -0.3 is 4.74 Å². The van der Waals surface area contributed by atoms with Crippen molar-refractivity contribution in [1.29, 1.82) is 0 Å². The number of nitrogens with zero attached hydrogens (tertiary/aromatic N) is 1. The summed E-state index contributed by atoms with van der Waals surface area (Å²) in [6.45, 7) is 4.57. The van der Waals surface area contributed by atoms with E-state index in [4.69, 9.17) is 4.74 Å². The maximum atomic E-state index is 12.6. The Kier molecular flexibility index (Phi) is 3.07. The summed E-state index contributed by atoms with van der Waals surface area (Å²) in [4.78, 5) is 2.16. The molecular formula is C11H17F2NO. The largest absolute Gasteiger partial charge is 0.380 e. The average molecular weight is 217 g/mol. The van der Waals surface area contributed by atoms with E-state index in [1.54, 1.807) is 0 Å². The number of hydrogen-bond acceptors (Lipinski definition) is 2. The van der Waals surface area contributed by atoms with Crippen molar-refractivity contribution in [2.75, 3.05) is 26.3 Å². The molecule has 4 heteroatoms. The van der Waals surface area contributed by atoms with Crippen LogP contribution in [0.5, 0.6) is 0 Å². The van der Waals surface area contributed by atoms with Crippen molar-refractivity contribution in [3.8, 4) is 0 Å². The Bertz CT molecular complexity index is 276. The van der Waals surface area contributed by atoms with E-state index in [0.29, 0.717) is 31.8 Å². The Balaban J connectivity index is 2.11. The van der Waals surface area contributed by atoms with Gasteiger partial charge in [0.15, 0.2) is 0 Å². The van der Waals surface area contributed by atoms with Crippen LogP contribution in [-0.2, 0) is 4.74 Å². The van der Waals surface area contributed by atoms with Crippen molar-refractivity contribution in [2.45, 2.75) is 31.7 Å². The van der Waals surface area contributed by atoms with Gasteiger partial charge >= 0.3 is 0 Å². The minimum Gasteiger partial charge on any atom is -0.380 e. The van der Waals surface area contributed by atoms with Crippen molar-refractivity contribution in [1.82, 2.24) is 4.90 Å². The molecule has 2 aliphatic rings. The average Bonchev–Trinajstić information content (AvgIpc) is 2.70. The molecule has 2 saturated heterocycles. The lowest BCUT2D eigenvalue weighted by Crippen LogP contribution is -2.42. The molecule has 2 aliphatic heterocycles. The number of hydrogen-bond donors (Lipinski definition) is 0. The summed E-state index contributed by atoms with van der Waals surface area (Å²) >= 11 is 0. The number of halogens is 2. The molecule has 0 saturated carbocycles. The zero-order valence-electron chi connectivity index (χ0n) is 9.06. The maximum Gasteiger partial charge on any atom is 0.270 e. The van der Waals surface area contributed by atoms with Gasteiger partial charge in [0.05, 0.1) is 6.61 Å². The Morgan fingerprint density at radius 2 is 2.33 bits per heavy atom. The van der Waals surface area contributed by atoms with Crippen LogP contribution in [0.25, 0.3) is 0 Å². The minimum atomic E-state index is -1.49. The molecular weight excluding hydrogens is 200 g/mol. The zero-order chi connectivity index (χ0) is 10.9. The standard InChI is InChI=1S/C11H17F2NO/c1-2-15-8-11-4-3-5-14(11)7-9(6-11)10(12)13/h2-8H2,1H3/t11-/m1/s1. The maximum absolute atomic E-state index is 12.6. The summed E-state index contributed by atoms with van der Waals surface area (Å²) in [7, 11) is 0. The Hall–Kier alpha value is -0.480. The molecule has 0 amide bonds. The van der Waals surface area contributed by atoms with Crippen molar-refractivity contribution in [2.24, 2.45) is 0 Å². The number of fused-ring (bicyclic) bond motifs is 1. The third-order valence-electron chi connectivity index (χ3n) is 3.51. The number of ether oxygens (including phenoxy) is 1. The SMILES string of the molecule is CCOC[C@]12CCCN1CC(=C(F)F)C2. The highest BCUT2D eigenvalue weighted by Crippen LogP contribution is 2.42. The summed E-state index contributed by atoms with van der Waals surface area (Å²) < 4.78 is 30.5. The fraction of sp³-hybridized carbons (Fsp3) is 0.818. The molecule has 0 N–H and O–H groups in total. The predicted octanol–water partition coefficient (Wildman–Crippen LogP) is 2.41. The number of rotatable bonds is 3. The van der Waals surface area contributed by atoms with Crippen molar-refractivity contribution in [3.63, 3.8) is 0 Å². The van der Waals surface area contributed by atoms with Crippen LogP contribution < -0.4 is 0 Å². The van der Waals surface area contributed by atoms with Gasteiger partial charge in [-0.25, -0.2) is 0 Å². The smallest absolute Gasteiger partial charge is 0.270 e. The van der Waals surface area contributed by atoms with E-state index in [9.17, 15) is 8.78 Å². The molecule has 0 radical (unpaired) electrons. The van der Waals surface area contributed by atoms with E-state index in [0.717, 1.165) is 19.4 Å². The molecule has 0 bridgehead atoms. The first-order valence-corrected chi connectivity index (χ1v) is 5.54. The predicted molar refractivity (Wildman–Crippen MR) is 53.9 cm³/mol. The second kappa shape index (κ2) is 4.18. The van der Waals surface area contributed by atoms with Crippen molar-refractivity contribution in [3.05, 3.63) is 11.7 Å². The Morgan fingerprint density at radius 1 is 1.53 bits per heavy atom. The monoisotopic (exact) mass is 217 g/mol. The third-order valence-corrected chi connectivity index (χ3v) is 3.51. The van der Waals surface area contributed by atoms with Crippen LogP contribution in [0.3, 0.4) is 0 Å². The summed E-state index contributed by atoms with van der Waals surface area (Å²) in [5.41, 5.74) is 0.198. The molecule has 0 aromatic rings. The molecule has 2 nitrogen and oxygen atoms in total.